The van der Waals surface area contributed by atoms with Crippen LogP contribution >= 0.6 is 0 Å². The van der Waals surface area contributed by atoms with Crippen LogP contribution in [0.2, 0.25) is 0 Å². The van der Waals surface area contributed by atoms with E-state index in [-0.39, 0.29) is 23.0 Å². The minimum absolute atomic E-state index is 0.179. The molecule has 1 aliphatic rings. The molecule has 3 rings (SSSR count). The van der Waals surface area contributed by atoms with Gasteiger partial charge in [0.2, 0.25) is 0 Å². The van der Waals surface area contributed by atoms with E-state index in [4.69, 9.17) is 15.9 Å². The van der Waals surface area contributed by atoms with Crippen molar-refractivity contribution < 1.29 is 4.74 Å². The van der Waals surface area contributed by atoms with Gasteiger partial charge in [0, 0.05) is 6.04 Å². The highest BCUT2D eigenvalue weighted by atomic mass is 16.5. The zero-order chi connectivity index (χ0) is 15.7. The van der Waals surface area contributed by atoms with Crippen molar-refractivity contribution >= 4 is 5.84 Å². The number of nitrogens with one attached hydrogen (secondary N) is 1. The van der Waals surface area contributed by atoms with Gasteiger partial charge >= 0.3 is 0 Å². The van der Waals surface area contributed by atoms with Crippen LogP contribution in [-0.4, -0.2) is 17.0 Å². The van der Waals surface area contributed by atoms with Gasteiger partial charge in [0.1, 0.15) is 11.6 Å². The molecule has 22 heavy (non-hydrogen) atoms. The third-order valence-corrected chi connectivity index (χ3v) is 3.78. The molecule has 114 valence electrons. The van der Waals surface area contributed by atoms with E-state index in [0.717, 1.165) is 29.8 Å². The zero-order valence-corrected chi connectivity index (χ0v) is 12.5. The van der Waals surface area contributed by atoms with E-state index in [9.17, 15) is 4.79 Å². The predicted molar refractivity (Wildman–Crippen MR) is 86.6 cm³/mol. The minimum atomic E-state index is -0.183. The highest BCUT2D eigenvalue weighted by Crippen LogP contribution is 2.37. The Morgan fingerprint density at radius 3 is 2.50 bits per heavy atom. The topological polar surface area (TPSA) is 81.1 Å². The maximum atomic E-state index is 12.6. The van der Waals surface area contributed by atoms with E-state index < -0.39 is 0 Å². The fourth-order valence-electron chi connectivity index (χ4n) is 2.58. The lowest BCUT2D eigenvalue weighted by molar-refractivity contribution is 0.340. The van der Waals surface area contributed by atoms with Gasteiger partial charge in [-0.05, 0) is 61.7 Å². The molecule has 1 aromatic carbocycles. The summed E-state index contributed by atoms with van der Waals surface area (Å²) in [6.07, 6.45) is 1.98. The molecule has 5 heteroatoms. The summed E-state index contributed by atoms with van der Waals surface area (Å²) in [5.74, 6) is 0.629. The largest absolute Gasteiger partial charge is 0.494 e. The summed E-state index contributed by atoms with van der Waals surface area (Å²) in [4.78, 5) is 12.6. The molecule has 0 unspecified atom stereocenters. The fraction of sp³-hybridized carbons (Fsp3) is 0.294. The van der Waals surface area contributed by atoms with Gasteiger partial charge in [-0.25, -0.2) is 0 Å². The molecule has 1 saturated carbocycles. The van der Waals surface area contributed by atoms with Gasteiger partial charge in [0.15, 0.2) is 0 Å². The summed E-state index contributed by atoms with van der Waals surface area (Å²) in [5.41, 5.74) is 7.41. The monoisotopic (exact) mass is 297 g/mol. The molecule has 5 nitrogen and oxygen atoms in total. The highest BCUT2D eigenvalue weighted by Gasteiger charge is 2.28. The molecular weight excluding hydrogens is 278 g/mol. The second-order valence-corrected chi connectivity index (χ2v) is 5.41. The maximum absolute atomic E-state index is 12.6. The van der Waals surface area contributed by atoms with E-state index in [0.29, 0.717) is 6.61 Å². The van der Waals surface area contributed by atoms with Gasteiger partial charge in [0.05, 0.1) is 17.9 Å². The Kier molecular flexibility index (Phi) is 3.71. The number of hydrogen-bond donors (Lipinski definition) is 2. The molecule has 1 heterocycles. The number of nitrogens with two attached hydrogens (primary N) is 1. The van der Waals surface area contributed by atoms with Crippen molar-refractivity contribution in [1.29, 1.82) is 5.41 Å². The Morgan fingerprint density at radius 1 is 1.27 bits per heavy atom. The van der Waals surface area contributed by atoms with Gasteiger partial charge in [-0.15, -0.1) is 0 Å². The highest BCUT2D eigenvalue weighted by molar-refractivity contribution is 5.94. The van der Waals surface area contributed by atoms with Gasteiger partial charge < -0.3 is 15.0 Å². The molecule has 0 amide bonds. The number of nitrogen functional groups attached to an aromatic ring is 1. The van der Waals surface area contributed by atoms with Crippen LogP contribution in [0.3, 0.4) is 0 Å². The number of aromatic nitrogens is 1. The molecule has 0 saturated heterocycles. The van der Waals surface area contributed by atoms with Crippen molar-refractivity contribution in [2.45, 2.75) is 25.8 Å². The lowest BCUT2D eigenvalue weighted by atomic mass is 10.1. The van der Waals surface area contributed by atoms with E-state index in [1.165, 1.54) is 0 Å². The van der Waals surface area contributed by atoms with E-state index >= 15 is 0 Å². The summed E-state index contributed by atoms with van der Waals surface area (Å²) in [6.45, 7) is 2.57. The maximum Gasteiger partial charge on any atom is 0.262 e. The quantitative estimate of drug-likeness (QED) is 0.657. The Morgan fingerprint density at radius 2 is 1.95 bits per heavy atom. The van der Waals surface area contributed by atoms with Crippen molar-refractivity contribution in [3.63, 3.8) is 0 Å². The molecular formula is C17H19N3O2. The van der Waals surface area contributed by atoms with Crippen LogP contribution in [0.15, 0.2) is 41.2 Å². The second-order valence-electron chi connectivity index (χ2n) is 5.41. The van der Waals surface area contributed by atoms with E-state index in [1.54, 1.807) is 10.6 Å². The van der Waals surface area contributed by atoms with E-state index in [1.807, 2.05) is 37.3 Å². The van der Waals surface area contributed by atoms with Crippen LogP contribution in [0.1, 0.15) is 31.4 Å². The Hall–Kier alpha value is -2.56. The summed E-state index contributed by atoms with van der Waals surface area (Å²) in [5, 5.41) is 7.53. The third-order valence-electron chi connectivity index (χ3n) is 3.78. The van der Waals surface area contributed by atoms with Crippen LogP contribution in [0.5, 0.6) is 5.75 Å². The summed E-state index contributed by atoms with van der Waals surface area (Å²) in [7, 11) is 0. The van der Waals surface area contributed by atoms with E-state index in [2.05, 4.69) is 0 Å². The van der Waals surface area contributed by atoms with Gasteiger partial charge in [-0.1, -0.05) is 0 Å². The number of pyridine rings is 1. The van der Waals surface area contributed by atoms with Crippen molar-refractivity contribution in [3.05, 3.63) is 52.3 Å². The van der Waals surface area contributed by atoms with Gasteiger partial charge in [0.25, 0.3) is 5.56 Å². The summed E-state index contributed by atoms with van der Waals surface area (Å²) in [6, 6.07) is 11.4. The van der Waals surface area contributed by atoms with Crippen molar-refractivity contribution in [2.24, 2.45) is 5.73 Å². The first-order valence-corrected chi connectivity index (χ1v) is 7.45. The Labute approximate surface area is 128 Å². The summed E-state index contributed by atoms with van der Waals surface area (Å²) >= 11 is 0. The van der Waals surface area contributed by atoms with Crippen LogP contribution in [0.25, 0.3) is 11.3 Å². The Bertz CT molecular complexity index is 758. The first kappa shape index (κ1) is 14.4. The van der Waals surface area contributed by atoms with Gasteiger partial charge in [-0.2, -0.15) is 0 Å². The standard InChI is InChI=1S/C17H19N3O2/c1-2-22-13-7-3-11(4-8-13)15-10-9-14(16(18)19)17(21)20(15)12-5-6-12/h3-4,7-10,12H,2,5-6H2,1H3,(H3,18,19). The lowest BCUT2D eigenvalue weighted by Crippen LogP contribution is -2.29. The average molecular weight is 297 g/mol. The summed E-state index contributed by atoms with van der Waals surface area (Å²) < 4.78 is 7.22. The first-order valence-electron chi connectivity index (χ1n) is 7.45. The third kappa shape index (κ3) is 2.62. The smallest absolute Gasteiger partial charge is 0.262 e. The minimum Gasteiger partial charge on any atom is -0.494 e. The van der Waals surface area contributed by atoms with Crippen LogP contribution < -0.4 is 16.0 Å². The Balaban J connectivity index is 2.08. The molecule has 3 N–H and O–H groups in total. The molecule has 1 aromatic heterocycles. The predicted octanol–water partition coefficient (Wildman–Crippen LogP) is 2.53. The average Bonchev–Trinajstić information content (AvgIpc) is 3.32. The normalized spacial score (nSPS) is 13.9. The van der Waals surface area contributed by atoms with Crippen LogP contribution in [0.4, 0.5) is 0 Å². The molecule has 0 spiro atoms. The number of rotatable bonds is 5. The number of hydrogen-bond acceptors (Lipinski definition) is 3. The zero-order valence-electron chi connectivity index (χ0n) is 12.5. The fourth-order valence-corrected chi connectivity index (χ4v) is 2.58. The molecule has 0 radical (unpaired) electrons. The molecule has 1 fully saturated rings. The number of amidine groups is 1. The number of nitrogens with zero attached hydrogens (tertiary/aromatic N) is 1. The van der Waals surface area contributed by atoms with Crippen molar-refractivity contribution in [2.75, 3.05) is 6.61 Å². The number of ether oxygens (including phenoxy) is 1. The lowest BCUT2D eigenvalue weighted by Gasteiger charge is -2.14. The molecule has 2 aromatic rings. The van der Waals surface area contributed by atoms with Gasteiger partial charge in [-0.3, -0.25) is 10.2 Å². The molecule has 1 aliphatic carbocycles. The molecule has 0 atom stereocenters. The van der Waals surface area contributed by atoms with Crippen molar-refractivity contribution in [3.8, 4) is 17.0 Å². The van der Waals surface area contributed by atoms with Crippen LogP contribution in [-0.2, 0) is 0 Å². The first-order chi connectivity index (χ1) is 10.6. The molecule has 0 aliphatic heterocycles. The SMILES string of the molecule is CCOc1ccc(-c2ccc(C(=N)N)c(=O)n2C2CC2)cc1. The molecule has 0 bridgehead atoms. The number of benzene rings is 1. The second kappa shape index (κ2) is 5.67. The van der Waals surface area contributed by atoms with Crippen molar-refractivity contribution in [1.82, 2.24) is 4.57 Å². The van der Waals surface area contributed by atoms with Crippen LogP contribution in [0, 0.1) is 5.41 Å².